The molecule has 0 fully saturated rings. The van der Waals surface area contributed by atoms with E-state index in [1.807, 2.05) is 11.4 Å². The second-order valence-electron chi connectivity index (χ2n) is 5.12. The molecule has 118 valence electrons. The summed E-state index contributed by atoms with van der Waals surface area (Å²) in [6, 6.07) is 10.4. The zero-order chi connectivity index (χ0) is 16.5. The van der Waals surface area contributed by atoms with E-state index in [0.717, 1.165) is 5.56 Å². The Labute approximate surface area is 141 Å². The number of carbonyl (C=O) groups is 1. The van der Waals surface area contributed by atoms with Gasteiger partial charge in [0.15, 0.2) is 5.65 Å². The monoisotopic (exact) mass is 336 g/mol. The number of phenolic OH excluding ortho intramolecular Hbond substituents is 1. The number of hydrogen-bond acceptors (Lipinski definition) is 5. The average molecular weight is 336 g/mol. The zero-order valence-corrected chi connectivity index (χ0v) is 13.2. The SMILES string of the molecule is O=C(Nc1cnc2cnc(-c3ccc(O)cc3)cn12)c1cccs1. The molecule has 0 saturated carbocycles. The summed E-state index contributed by atoms with van der Waals surface area (Å²) in [5.74, 6) is 0.604. The van der Waals surface area contributed by atoms with Gasteiger partial charge in [-0.3, -0.25) is 14.2 Å². The summed E-state index contributed by atoms with van der Waals surface area (Å²) >= 11 is 1.38. The van der Waals surface area contributed by atoms with Crippen LogP contribution < -0.4 is 5.32 Å². The molecule has 0 aliphatic rings. The summed E-state index contributed by atoms with van der Waals surface area (Å²) in [7, 11) is 0. The van der Waals surface area contributed by atoms with Crippen molar-refractivity contribution in [2.75, 3.05) is 5.32 Å². The maximum atomic E-state index is 12.2. The van der Waals surface area contributed by atoms with E-state index >= 15 is 0 Å². The fraction of sp³-hybridized carbons (Fsp3) is 0. The van der Waals surface area contributed by atoms with Crippen molar-refractivity contribution >= 4 is 28.7 Å². The summed E-state index contributed by atoms with van der Waals surface area (Å²) < 4.78 is 1.78. The lowest BCUT2D eigenvalue weighted by atomic mass is 10.1. The normalized spacial score (nSPS) is 10.8. The van der Waals surface area contributed by atoms with E-state index in [0.29, 0.717) is 22.0 Å². The number of hydrogen-bond donors (Lipinski definition) is 2. The van der Waals surface area contributed by atoms with Gasteiger partial charge in [-0.2, -0.15) is 0 Å². The molecule has 3 heterocycles. The summed E-state index contributed by atoms with van der Waals surface area (Å²) in [6.45, 7) is 0. The van der Waals surface area contributed by atoms with Crippen LogP contribution in [0.25, 0.3) is 16.9 Å². The van der Waals surface area contributed by atoms with E-state index in [4.69, 9.17) is 0 Å². The number of amides is 1. The molecule has 0 aliphatic carbocycles. The van der Waals surface area contributed by atoms with Crippen molar-refractivity contribution in [3.05, 3.63) is 65.2 Å². The molecule has 4 aromatic rings. The van der Waals surface area contributed by atoms with E-state index in [2.05, 4.69) is 15.3 Å². The highest BCUT2D eigenvalue weighted by atomic mass is 32.1. The van der Waals surface area contributed by atoms with Gasteiger partial charge in [-0.1, -0.05) is 6.07 Å². The first-order chi connectivity index (χ1) is 11.7. The van der Waals surface area contributed by atoms with E-state index in [1.165, 1.54) is 11.3 Å². The third kappa shape index (κ3) is 2.61. The van der Waals surface area contributed by atoms with Gasteiger partial charge in [0.05, 0.1) is 23.0 Å². The first-order valence-corrected chi connectivity index (χ1v) is 8.06. The highest BCUT2D eigenvalue weighted by Crippen LogP contribution is 2.22. The highest BCUT2D eigenvalue weighted by Gasteiger charge is 2.11. The maximum absolute atomic E-state index is 12.2. The average Bonchev–Trinajstić information content (AvgIpc) is 3.25. The van der Waals surface area contributed by atoms with E-state index in [9.17, 15) is 9.90 Å². The molecule has 1 amide bonds. The van der Waals surface area contributed by atoms with E-state index in [1.54, 1.807) is 53.3 Å². The molecule has 6 nitrogen and oxygen atoms in total. The second-order valence-corrected chi connectivity index (χ2v) is 6.07. The van der Waals surface area contributed by atoms with Crippen LogP contribution in [0.5, 0.6) is 5.75 Å². The van der Waals surface area contributed by atoms with Crippen LogP contribution in [0.2, 0.25) is 0 Å². The lowest BCUT2D eigenvalue weighted by Gasteiger charge is -2.06. The van der Waals surface area contributed by atoms with Crippen molar-refractivity contribution in [2.45, 2.75) is 0 Å². The molecule has 0 unspecified atom stereocenters. The summed E-state index contributed by atoms with van der Waals surface area (Å²) in [5.41, 5.74) is 2.21. The Kier molecular flexibility index (Phi) is 3.47. The molecule has 7 heteroatoms. The lowest BCUT2D eigenvalue weighted by Crippen LogP contribution is -2.11. The van der Waals surface area contributed by atoms with Crippen LogP contribution >= 0.6 is 11.3 Å². The molecule has 4 rings (SSSR count). The van der Waals surface area contributed by atoms with Crippen LogP contribution in [-0.4, -0.2) is 25.4 Å². The number of benzene rings is 1. The number of nitrogens with zero attached hydrogens (tertiary/aromatic N) is 3. The molecule has 0 atom stereocenters. The number of imidazole rings is 1. The molecule has 0 spiro atoms. The quantitative estimate of drug-likeness (QED) is 0.601. The molecule has 1 aromatic carbocycles. The molecule has 2 N–H and O–H groups in total. The fourth-order valence-corrected chi connectivity index (χ4v) is 2.97. The van der Waals surface area contributed by atoms with Crippen LogP contribution in [0.3, 0.4) is 0 Å². The van der Waals surface area contributed by atoms with Crippen LogP contribution in [0.4, 0.5) is 5.82 Å². The number of aromatic nitrogens is 3. The number of rotatable bonds is 3. The Morgan fingerprint density at radius 3 is 2.71 bits per heavy atom. The standard InChI is InChI=1S/C17H12N4O2S/c22-12-5-3-11(4-6-12)13-10-21-15(8-18-13)19-9-16(21)20-17(23)14-2-1-7-24-14/h1-10,22H,(H,20,23). The third-order valence-electron chi connectivity index (χ3n) is 3.55. The number of fused-ring (bicyclic) bond motifs is 1. The van der Waals surface area contributed by atoms with Gasteiger partial charge in [-0.15, -0.1) is 11.3 Å². The van der Waals surface area contributed by atoms with Crippen molar-refractivity contribution in [2.24, 2.45) is 0 Å². The van der Waals surface area contributed by atoms with Gasteiger partial charge in [-0.25, -0.2) is 4.98 Å². The smallest absolute Gasteiger partial charge is 0.266 e. The van der Waals surface area contributed by atoms with Gasteiger partial charge in [0.2, 0.25) is 0 Å². The Balaban J connectivity index is 1.71. The molecule has 24 heavy (non-hydrogen) atoms. The highest BCUT2D eigenvalue weighted by molar-refractivity contribution is 7.12. The number of anilines is 1. The second kappa shape index (κ2) is 5.78. The van der Waals surface area contributed by atoms with Gasteiger partial charge < -0.3 is 10.4 Å². The van der Waals surface area contributed by atoms with Crippen LogP contribution in [-0.2, 0) is 0 Å². The van der Waals surface area contributed by atoms with Gasteiger partial charge in [0.1, 0.15) is 11.6 Å². The molecule has 3 aromatic heterocycles. The predicted molar refractivity (Wildman–Crippen MR) is 92.4 cm³/mol. The third-order valence-corrected chi connectivity index (χ3v) is 4.41. The van der Waals surface area contributed by atoms with Gasteiger partial charge in [-0.05, 0) is 35.7 Å². The van der Waals surface area contributed by atoms with Crippen molar-refractivity contribution in [1.29, 1.82) is 0 Å². The first kappa shape index (κ1) is 14.4. The van der Waals surface area contributed by atoms with Crippen LogP contribution in [0.1, 0.15) is 9.67 Å². The Hall–Kier alpha value is -3.19. The Morgan fingerprint density at radius 1 is 1.12 bits per heavy atom. The number of aromatic hydroxyl groups is 1. The number of carbonyl (C=O) groups excluding carboxylic acids is 1. The van der Waals surface area contributed by atoms with Crippen molar-refractivity contribution in [3.63, 3.8) is 0 Å². The largest absolute Gasteiger partial charge is 0.508 e. The summed E-state index contributed by atoms with van der Waals surface area (Å²) in [6.07, 6.45) is 5.05. The minimum absolute atomic E-state index is 0.171. The van der Waals surface area contributed by atoms with Gasteiger partial charge >= 0.3 is 0 Å². The molecule has 0 aliphatic heterocycles. The predicted octanol–water partition coefficient (Wildman–Crippen LogP) is 3.42. The topological polar surface area (TPSA) is 79.5 Å². The van der Waals surface area contributed by atoms with Crippen molar-refractivity contribution in [1.82, 2.24) is 14.4 Å². The van der Waals surface area contributed by atoms with Crippen molar-refractivity contribution < 1.29 is 9.90 Å². The molecule has 0 saturated heterocycles. The van der Waals surface area contributed by atoms with Crippen LogP contribution in [0.15, 0.2) is 60.4 Å². The number of phenols is 1. The molecular formula is C17H12N4O2S. The van der Waals surface area contributed by atoms with Gasteiger partial charge in [0, 0.05) is 11.8 Å². The Bertz CT molecular complexity index is 1010. The minimum Gasteiger partial charge on any atom is -0.508 e. The number of thiophene rings is 1. The molecular weight excluding hydrogens is 324 g/mol. The molecule has 0 bridgehead atoms. The number of nitrogens with one attached hydrogen (secondary N) is 1. The summed E-state index contributed by atoms with van der Waals surface area (Å²) in [5, 5.41) is 14.1. The van der Waals surface area contributed by atoms with Crippen molar-refractivity contribution in [3.8, 4) is 17.0 Å². The zero-order valence-electron chi connectivity index (χ0n) is 12.4. The minimum atomic E-state index is -0.171. The lowest BCUT2D eigenvalue weighted by molar-refractivity contribution is 0.103. The Morgan fingerprint density at radius 2 is 1.96 bits per heavy atom. The van der Waals surface area contributed by atoms with E-state index < -0.39 is 0 Å². The first-order valence-electron chi connectivity index (χ1n) is 7.18. The van der Waals surface area contributed by atoms with Crippen LogP contribution in [0, 0.1) is 0 Å². The molecule has 0 radical (unpaired) electrons. The van der Waals surface area contributed by atoms with Gasteiger partial charge in [0.25, 0.3) is 5.91 Å². The fourth-order valence-electron chi connectivity index (χ4n) is 2.35. The summed E-state index contributed by atoms with van der Waals surface area (Å²) in [4.78, 5) is 21.5. The maximum Gasteiger partial charge on any atom is 0.266 e. The van der Waals surface area contributed by atoms with E-state index in [-0.39, 0.29) is 11.7 Å².